The van der Waals surface area contributed by atoms with Gasteiger partial charge in [-0.2, -0.15) is 13.2 Å². The number of nitrogens with one attached hydrogen (secondary N) is 1. The van der Waals surface area contributed by atoms with E-state index in [2.05, 4.69) is 20.0 Å². The van der Waals surface area contributed by atoms with Gasteiger partial charge in [-0.1, -0.05) is 29.8 Å². The number of alkyl halides is 3. The summed E-state index contributed by atoms with van der Waals surface area (Å²) in [6, 6.07) is 8.91. The van der Waals surface area contributed by atoms with E-state index in [-0.39, 0.29) is 73.9 Å². The van der Waals surface area contributed by atoms with Crippen molar-refractivity contribution in [3.63, 3.8) is 0 Å². The van der Waals surface area contributed by atoms with E-state index in [0.29, 0.717) is 71.5 Å². The highest BCUT2D eigenvalue weighted by atomic mass is 35.5. The molecule has 61 heavy (non-hydrogen) atoms. The lowest BCUT2D eigenvalue weighted by atomic mass is 9.98. The Labute approximate surface area is 359 Å². The van der Waals surface area contributed by atoms with Crippen LogP contribution in [-0.4, -0.2) is 176 Å². The summed E-state index contributed by atoms with van der Waals surface area (Å²) >= 11 is 6.17. The van der Waals surface area contributed by atoms with Crippen LogP contribution in [0.5, 0.6) is 0 Å². The van der Waals surface area contributed by atoms with Crippen LogP contribution in [0.2, 0.25) is 5.02 Å². The number of likely N-dealkylation sites (tertiary alicyclic amines) is 2. The standard InChI is InChI=1S/C42H56ClF3N8O7/c1-49-16-17-53(35(27-49)39(56)60-23-20-50-18-21-59-22-19-50)30-7-11-51(12-8-30)38(55)36(26-28-24-32(42(44,45)46)37(47)33(43)25-28)61-41(58)52-13-9-31(10-14-52)54-15-6-29-4-2-3-5-34(29)48-40(54)57/h2-5,24-25,30-31,35-36H,6-23,26-27,47H2,1H3,(H,48,57)/t35-,36+/m0/s1. The molecule has 0 aliphatic carbocycles. The lowest BCUT2D eigenvalue weighted by Crippen LogP contribution is -2.61. The number of anilines is 2. The van der Waals surface area contributed by atoms with Crippen LogP contribution in [0.4, 0.5) is 34.1 Å². The van der Waals surface area contributed by atoms with E-state index in [0.717, 1.165) is 37.0 Å². The highest BCUT2D eigenvalue weighted by Gasteiger charge is 2.41. The number of halogens is 4. The third-order valence-corrected chi connectivity index (χ3v) is 13.0. The van der Waals surface area contributed by atoms with Gasteiger partial charge in [-0.15, -0.1) is 0 Å². The quantitative estimate of drug-likeness (QED) is 0.263. The minimum absolute atomic E-state index is 0.0254. The number of benzene rings is 2. The van der Waals surface area contributed by atoms with Crippen molar-refractivity contribution in [3.8, 4) is 0 Å². The van der Waals surface area contributed by atoms with Gasteiger partial charge in [-0.3, -0.25) is 19.4 Å². The molecule has 7 rings (SSSR count). The summed E-state index contributed by atoms with van der Waals surface area (Å²) in [5.74, 6) is -0.823. The molecule has 2 atom stereocenters. The summed E-state index contributed by atoms with van der Waals surface area (Å²) in [4.78, 5) is 66.0. The van der Waals surface area contributed by atoms with Crippen LogP contribution < -0.4 is 11.1 Å². The van der Waals surface area contributed by atoms with Crippen LogP contribution in [0.25, 0.3) is 0 Å². The van der Waals surface area contributed by atoms with E-state index < -0.39 is 41.6 Å². The molecule has 0 spiro atoms. The van der Waals surface area contributed by atoms with Gasteiger partial charge in [0.2, 0.25) is 0 Å². The molecule has 0 radical (unpaired) electrons. The van der Waals surface area contributed by atoms with Crippen LogP contribution in [0.15, 0.2) is 36.4 Å². The molecule has 4 amide bonds. The second-order valence-electron chi connectivity index (χ2n) is 16.6. The van der Waals surface area contributed by atoms with Crippen LogP contribution >= 0.6 is 11.6 Å². The van der Waals surface area contributed by atoms with Gasteiger partial charge in [0.25, 0.3) is 5.91 Å². The minimum Gasteiger partial charge on any atom is -0.463 e. The Morgan fingerprint density at radius 2 is 1.62 bits per heavy atom. The number of carbonyl (C=O) groups excluding carboxylic acids is 4. The number of morpholine rings is 1. The van der Waals surface area contributed by atoms with Crippen molar-refractivity contribution in [2.24, 2.45) is 0 Å². The van der Waals surface area contributed by atoms with Crippen LogP contribution in [-0.2, 0) is 42.8 Å². The van der Waals surface area contributed by atoms with E-state index in [1.54, 1.807) is 9.80 Å². The number of nitrogen functional groups attached to an aromatic ring is 1. The number of nitrogens with two attached hydrogens (primary N) is 1. The predicted molar refractivity (Wildman–Crippen MR) is 221 cm³/mol. The summed E-state index contributed by atoms with van der Waals surface area (Å²) in [5.41, 5.74) is 5.79. The van der Waals surface area contributed by atoms with Gasteiger partial charge in [0.05, 0.1) is 29.5 Å². The van der Waals surface area contributed by atoms with Crippen molar-refractivity contribution in [1.82, 2.24) is 29.4 Å². The first-order valence-corrected chi connectivity index (χ1v) is 21.6. The number of nitrogens with zero attached hydrogens (tertiary/aromatic N) is 6. The molecule has 19 heteroatoms. The first-order chi connectivity index (χ1) is 29.2. The molecule has 4 saturated heterocycles. The third-order valence-electron chi connectivity index (χ3n) is 12.6. The molecular formula is C42H56ClF3N8O7. The first-order valence-electron chi connectivity index (χ1n) is 21.2. The largest absolute Gasteiger partial charge is 0.463 e. The van der Waals surface area contributed by atoms with Crippen LogP contribution in [0, 0.1) is 0 Å². The number of piperidine rings is 2. The summed E-state index contributed by atoms with van der Waals surface area (Å²) in [5, 5.41) is 2.66. The SMILES string of the molecule is CN1CCN(C2CCN(C(=O)[C@@H](Cc3cc(Cl)c(N)c(C(F)(F)F)c3)OC(=O)N3CCC(N4CCc5ccccc5NC4=O)CC3)CC2)[C@H](C(=O)OCCN2CCOCC2)C1. The van der Waals surface area contributed by atoms with Gasteiger partial charge in [0.1, 0.15) is 12.6 Å². The molecule has 0 aromatic heterocycles. The predicted octanol–water partition coefficient (Wildman–Crippen LogP) is 4.03. The zero-order valence-electron chi connectivity index (χ0n) is 34.5. The van der Waals surface area contributed by atoms with Gasteiger partial charge in [-0.25, -0.2) is 9.59 Å². The number of likely N-dealkylation sites (N-methyl/N-ethyl adjacent to an activating group) is 1. The fourth-order valence-corrected chi connectivity index (χ4v) is 9.35. The van der Waals surface area contributed by atoms with Crippen molar-refractivity contribution in [1.29, 1.82) is 0 Å². The van der Waals surface area contributed by atoms with Gasteiger partial charge < -0.3 is 44.9 Å². The second kappa shape index (κ2) is 19.8. The van der Waals surface area contributed by atoms with E-state index in [1.807, 2.05) is 31.3 Å². The van der Waals surface area contributed by atoms with Crippen molar-refractivity contribution in [3.05, 3.63) is 58.1 Å². The van der Waals surface area contributed by atoms with Gasteiger partial charge in [-0.05, 0) is 68.5 Å². The maximum Gasteiger partial charge on any atom is 0.418 e. The van der Waals surface area contributed by atoms with Crippen LogP contribution in [0.1, 0.15) is 42.4 Å². The number of rotatable bonds is 10. The number of amides is 4. The van der Waals surface area contributed by atoms with Crippen molar-refractivity contribution in [2.75, 3.05) is 110 Å². The minimum atomic E-state index is -4.81. The molecule has 15 nitrogen and oxygen atoms in total. The fourth-order valence-electron chi connectivity index (χ4n) is 9.11. The molecule has 4 fully saturated rings. The average Bonchev–Trinajstić information content (AvgIpc) is 3.42. The first kappa shape index (κ1) is 44.7. The molecule has 0 bridgehead atoms. The van der Waals surface area contributed by atoms with E-state index >= 15 is 0 Å². The Balaban J connectivity index is 0.994. The molecule has 5 heterocycles. The molecule has 0 unspecified atom stereocenters. The average molecular weight is 877 g/mol. The van der Waals surface area contributed by atoms with E-state index in [4.69, 9.17) is 31.5 Å². The molecular weight excluding hydrogens is 821 g/mol. The summed E-state index contributed by atoms with van der Waals surface area (Å²) in [6.45, 7) is 7.32. The Morgan fingerprint density at radius 1 is 0.934 bits per heavy atom. The Hall–Kier alpha value is -4.36. The van der Waals surface area contributed by atoms with Crippen molar-refractivity contribution < 1.29 is 46.6 Å². The van der Waals surface area contributed by atoms with E-state index in [9.17, 15) is 32.3 Å². The van der Waals surface area contributed by atoms with Crippen molar-refractivity contribution >= 4 is 47.0 Å². The summed E-state index contributed by atoms with van der Waals surface area (Å²) < 4.78 is 59.0. The number of piperazine rings is 1. The number of urea groups is 1. The summed E-state index contributed by atoms with van der Waals surface area (Å²) in [7, 11) is 1.97. The lowest BCUT2D eigenvalue weighted by Gasteiger charge is -2.46. The Morgan fingerprint density at radius 3 is 2.34 bits per heavy atom. The third kappa shape index (κ3) is 11.0. The highest BCUT2D eigenvalue weighted by molar-refractivity contribution is 6.33. The number of fused-ring (bicyclic) bond motifs is 1. The topological polar surface area (TPSA) is 153 Å². The Kier molecular flexibility index (Phi) is 14.5. The number of esters is 1. The van der Waals surface area contributed by atoms with Gasteiger partial charge in [0, 0.05) is 96.2 Å². The number of hydrogen-bond acceptors (Lipinski definition) is 11. The summed E-state index contributed by atoms with van der Waals surface area (Å²) in [6.07, 6.45) is -4.72. The smallest absolute Gasteiger partial charge is 0.418 e. The maximum absolute atomic E-state index is 14.3. The lowest BCUT2D eigenvalue weighted by molar-refractivity contribution is -0.156. The van der Waals surface area contributed by atoms with Gasteiger partial charge >= 0.3 is 24.3 Å². The molecule has 2 aromatic carbocycles. The molecule has 5 aliphatic heterocycles. The normalized spacial score (nSPS) is 22.3. The second-order valence-corrected chi connectivity index (χ2v) is 17.0. The molecule has 2 aromatic rings. The zero-order valence-corrected chi connectivity index (χ0v) is 35.3. The highest BCUT2D eigenvalue weighted by Crippen LogP contribution is 2.38. The maximum atomic E-state index is 14.3. The van der Waals surface area contributed by atoms with E-state index in [1.165, 1.54) is 11.0 Å². The zero-order chi connectivity index (χ0) is 43.3. The van der Waals surface area contributed by atoms with Gasteiger partial charge in [0.15, 0.2) is 6.10 Å². The number of ether oxygens (including phenoxy) is 3. The number of hydrogen-bond donors (Lipinski definition) is 2. The molecule has 334 valence electrons. The molecule has 5 aliphatic rings. The Bertz CT molecular complexity index is 1890. The monoisotopic (exact) mass is 876 g/mol. The number of carbonyl (C=O) groups is 4. The molecule has 3 N–H and O–H groups in total. The van der Waals surface area contributed by atoms with Crippen LogP contribution in [0.3, 0.4) is 0 Å². The fraction of sp³-hybridized carbons (Fsp3) is 0.619. The number of para-hydroxylation sites is 1. The van der Waals surface area contributed by atoms with Crippen molar-refractivity contribution in [2.45, 2.75) is 68.9 Å². The molecule has 0 saturated carbocycles.